The number of carbonyl (C=O) groups is 1. The molecule has 1 aliphatic rings. The maximum absolute atomic E-state index is 10.9. The van der Waals surface area contributed by atoms with Crippen LogP contribution in [0.2, 0.25) is 0 Å². The second kappa shape index (κ2) is 6.08. The van der Waals surface area contributed by atoms with Crippen molar-refractivity contribution in [2.24, 2.45) is 11.8 Å². The van der Waals surface area contributed by atoms with Gasteiger partial charge < -0.3 is 15.2 Å². The molecule has 88 valence electrons. The molecule has 1 saturated heterocycles. The Morgan fingerprint density at radius 3 is 2.53 bits per heavy atom. The standard InChI is InChI=1S/C11H21NO3/c1-8(2)10(11(13)14)7-12-9-3-5-15-6-4-9/h8-10,12H,3-7H2,1-2H3,(H,13,14). The minimum Gasteiger partial charge on any atom is -0.481 e. The summed E-state index contributed by atoms with van der Waals surface area (Å²) >= 11 is 0. The maximum Gasteiger partial charge on any atom is 0.308 e. The van der Waals surface area contributed by atoms with E-state index in [9.17, 15) is 4.79 Å². The van der Waals surface area contributed by atoms with E-state index in [1.165, 1.54) is 0 Å². The SMILES string of the molecule is CC(C)C(CNC1CCOCC1)C(=O)O. The average Bonchev–Trinajstić information content (AvgIpc) is 2.18. The van der Waals surface area contributed by atoms with Crippen LogP contribution < -0.4 is 5.32 Å². The van der Waals surface area contributed by atoms with Crippen molar-refractivity contribution in [3.8, 4) is 0 Å². The van der Waals surface area contributed by atoms with Crippen LogP contribution in [0, 0.1) is 11.8 Å². The number of rotatable bonds is 5. The number of ether oxygens (including phenoxy) is 1. The lowest BCUT2D eigenvalue weighted by Gasteiger charge is -2.25. The fourth-order valence-corrected chi connectivity index (χ4v) is 1.80. The third kappa shape index (κ3) is 4.18. The van der Waals surface area contributed by atoms with Crippen LogP contribution >= 0.6 is 0 Å². The molecule has 1 rings (SSSR count). The van der Waals surface area contributed by atoms with E-state index in [1.807, 2.05) is 13.8 Å². The highest BCUT2D eigenvalue weighted by molar-refractivity contribution is 5.70. The first-order chi connectivity index (χ1) is 7.11. The van der Waals surface area contributed by atoms with Gasteiger partial charge in [0.1, 0.15) is 0 Å². The average molecular weight is 215 g/mol. The summed E-state index contributed by atoms with van der Waals surface area (Å²) in [7, 11) is 0. The van der Waals surface area contributed by atoms with Gasteiger partial charge in [-0.15, -0.1) is 0 Å². The van der Waals surface area contributed by atoms with Gasteiger partial charge in [-0.05, 0) is 18.8 Å². The second-order valence-electron chi connectivity index (χ2n) is 4.48. The van der Waals surface area contributed by atoms with Crippen molar-refractivity contribution in [1.29, 1.82) is 0 Å². The van der Waals surface area contributed by atoms with E-state index in [2.05, 4.69) is 5.32 Å². The van der Waals surface area contributed by atoms with Gasteiger partial charge in [0.2, 0.25) is 0 Å². The third-order valence-corrected chi connectivity index (χ3v) is 2.97. The molecule has 0 saturated carbocycles. The van der Waals surface area contributed by atoms with Gasteiger partial charge in [-0.25, -0.2) is 0 Å². The molecule has 0 aromatic rings. The Hall–Kier alpha value is -0.610. The largest absolute Gasteiger partial charge is 0.481 e. The monoisotopic (exact) mass is 215 g/mol. The first-order valence-electron chi connectivity index (χ1n) is 5.65. The van der Waals surface area contributed by atoms with E-state index in [1.54, 1.807) is 0 Å². The number of carboxylic acids is 1. The minimum atomic E-state index is -0.704. The minimum absolute atomic E-state index is 0.176. The number of hydrogen-bond donors (Lipinski definition) is 2. The lowest BCUT2D eigenvalue weighted by molar-refractivity contribution is -0.143. The van der Waals surface area contributed by atoms with Crippen LogP contribution in [0.1, 0.15) is 26.7 Å². The van der Waals surface area contributed by atoms with Gasteiger partial charge in [0.25, 0.3) is 0 Å². The van der Waals surface area contributed by atoms with E-state index in [0.29, 0.717) is 12.6 Å². The number of carboxylic acid groups (broad SMARTS) is 1. The summed E-state index contributed by atoms with van der Waals surface area (Å²) in [5, 5.41) is 12.3. The zero-order valence-electron chi connectivity index (χ0n) is 9.53. The van der Waals surface area contributed by atoms with Crippen LogP contribution in [-0.2, 0) is 9.53 Å². The molecule has 0 aliphatic carbocycles. The van der Waals surface area contributed by atoms with Gasteiger partial charge in [-0.1, -0.05) is 13.8 Å². The highest BCUT2D eigenvalue weighted by Gasteiger charge is 2.23. The first-order valence-corrected chi connectivity index (χ1v) is 5.65. The number of nitrogens with one attached hydrogen (secondary N) is 1. The number of hydrogen-bond acceptors (Lipinski definition) is 3. The van der Waals surface area contributed by atoms with Gasteiger partial charge in [0, 0.05) is 25.8 Å². The van der Waals surface area contributed by atoms with Gasteiger partial charge >= 0.3 is 5.97 Å². The summed E-state index contributed by atoms with van der Waals surface area (Å²) in [4.78, 5) is 10.9. The molecule has 1 heterocycles. The summed E-state index contributed by atoms with van der Waals surface area (Å²) in [6, 6.07) is 0.430. The van der Waals surface area contributed by atoms with E-state index in [4.69, 9.17) is 9.84 Å². The van der Waals surface area contributed by atoms with E-state index in [0.717, 1.165) is 26.1 Å². The summed E-state index contributed by atoms with van der Waals surface area (Å²) in [5.41, 5.74) is 0. The smallest absolute Gasteiger partial charge is 0.308 e. The van der Waals surface area contributed by atoms with E-state index >= 15 is 0 Å². The summed E-state index contributed by atoms with van der Waals surface area (Å²) < 4.78 is 5.25. The molecular formula is C11H21NO3. The van der Waals surface area contributed by atoms with Crippen molar-refractivity contribution in [2.45, 2.75) is 32.7 Å². The second-order valence-corrected chi connectivity index (χ2v) is 4.48. The van der Waals surface area contributed by atoms with Crippen molar-refractivity contribution in [3.63, 3.8) is 0 Å². The fourth-order valence-electron chi connectivity index (χ4n) is 1.80. The molecule has 1 aliphatic heterocycles. The summed E-state index contributed by atoms with van der Waals surface area (Å²) in [5.74, 6) is -0.813. The topological polar surface area (TPSA) is 58.6 Å². The number of aliphatic carboxylic acids is 1. The molecule has 0 amide bonds. The highest BCUT2D eigenvalue weighted by atomic mass is 16.5. The van der Waals surface area contributed by atoms with E-state index < -0.39 is 5.97 Å². The molecule has 0 bridgehead atoms. The molecule has 15 heavy (non-hydrogen) atoms. The van der Waals surface area contributed by atoms with Crippen LogP contribution in [0.5, 0.6) is 0 Å². The molecule has 0 radical (unpaired) electrons. The lowest BCUT2D eigenvalue weighted by atomic mass is 9.95. The van der Waals surface area contributed by atoms with Gasteiger partial charge in [-0.3, -0.25) is 4.79 Å². The Bertz CT molecular complexity index is 200. The Morgan fingerprint density at radius 2 is 2.07 bits per heavy atom. The molecule has 1 fully saturated rings. The highest BCUT2D eigenvalue weighted by Crippen LogP contribution is 2.12. The molecule has 1 unspecified atom stereocenters. The predicted molar refractivity (Wildman–Crippen MR) is 57.8 cm³/mol. The normalized spacial score (nSPS) is 20.5. The van der Waals surface area contributed by atoms with Crippen molar-refractivity contribution >= 4 is 5.97 Å². The van der Waals surface area contributed by atoms with Crippen molar-refractivity contribution in [2.75, 3.05) is 19.8 Å². The first kappa shape index (κ1) is 12.5. The fraction of sp³-hybridized carbons (Fsp3) is 0.909. The Balaban J connectivity index is 2.29. The molecule has 4 nitrogen and oxygen atoms in total. The Labute approximate surface area is 91.0 Å². The molecule has 2 N–H and O–H groups in total. The van der Waals surface area contributed by atoms with Crippen molar-refractivity contribution in [3.05, 3.63) is 0 Å². The van der Waals surface area contributed by atoms with Crippen molar-refractivity contribution < 1.29 is 14.6 Å². The lowest BCUT2D eigenvalue weighted by Crippen LogP contribution is -2.40. The molecule has 0 spiro atoms. The third-order valence-electron chi connectivity index (χ3n) is 2.97. The Kier molecular flexibility index (Phi) is 5.05. The molecule has 0 aromatic heterocycles. The van der Waals surface area contributed by atoms with Crippen LogP contribution in [0.25, 0.3) is 0 Å². The predicted octanol–water partition coefficient (Wildman–Crippen LogP) is 1.11. The van der Waals surface area contributed by atoms with Gasteiger partial charge in [0.15, 0.2) is 0 Å². The molecule has 4 heteroatoms. The van der Waals surface area contributed by atoms with Gasteiger partial charge in [0.05, 0.1) is 5.92 Å². The van der Waals surface area contributed by atoms with Crippen LogP contribution in [-0.4, -0.2) is 36.9 Å². The van der Waals surface area contributed by atoms with Crippen LogP contribution in [0.3, 0.4) is 0 Å². The Morgan fingerprint density at radius 1 is 1.47 bits per heavy atom. The van der Waals surface area contributed by atoms with Crippen molar-refractivity contribution in [1.82, 2.24) is 5.32 Å². The maximum atomic E-state index is 10.9. The van der Waals surface area contributed by atoms with Crippen LogP contribution in [0.4, 0.5) is 0 Å². The van der Waals surface area contributed by atoms with Crippen LogP contribution in [0.15, 0.2) is 0 Å². The quantitative estimate of drug-likeness (QED) is 0.721. The zero-order chi connectivity index (χ0) is 11.3. The summed E-state index contributed by atoms with van der Waals surface area (Å²) in [6.45, 7) is 6.04. The molecular weight excluding hydrogens is 194 g/mol. The molecule has 0 aromatic carbocycles. The van der Waals surface area contributed by atoms with Gasteiger partial charge in [-0.2, -0.15) is 0 Å². The zero-order valence-corrected chi connectivity index (χ0v) is 9.53. The van der Waals surface area contributed by atoms with E-state index in [-0.39, 0.29) is 11.8 Å². The molecule has 1 atom stereocenters. The summed E-state index contributed by atoms with van der Waals surface area (Å²) in [6.07, 6.45) is 1.98.